The number of sulfonamides is 1. The molecule has 0 radical (unpaired) electrons. The summed E-state index contributed by atoms with van der Waals surface area (Å²) in [6.07, 6.45) is 0.894. The molecule has 0 spiro atoms. The van der Waals surface area contributed by atoms with Gasteiger partial charge < -0.3 is 9.67 Å². The van der Waals surface area contributed by atoms with Gasteiger partial charge in [-0.25, -0.2) is 13.1 Å². The van der Waals surface area contributed by atoms with Gasteiger partial charge in [0.05, 0.1) is 11.0 Å². The molecule has 5 nitrogen and oxygen atoms in total. The van der Waals surface area contributed by atoms with Crippen LogP contribution in [-0.4, -0.2) is 24.6 Å². The van der Waals surface area contributed by atoms with E-state index in [0.29, 0.717) is 5.56 Å². The Morgan fingerprint density at radius 1 is 1.00 bits per heavy atom. The molecule has 0 amide bonds. The highest BCUT2D eigenvalue weighted by molar-refractivity contribution is 7.89. The van der Waals surface area contributed by atoms with Crippen LogP contribution in [-0.2, 0) is 17.1 Å². The number of aromatic nitrogens is 1. The van der Waals surface area contributed by atoms with Crippen LogP contribution in [0.1, 0.15) is 11.7 Å². The van der Waals surface area contributed by atoms with Crippen molar-refractivity contribution in [1.29, 1.82) is 0 Å². The van der Waals surface area contributed by atoms with Gasteiger partial charge in [-0.15, -0.1) is 0 Å². The molecule has 1 aromatic heterocycles. The molecule has 0 fully saturated rings. The van der Waals surface area contributed by atoms with E-state index in [0.717, 1.165) is 21.7 Å². The molecule has 0 bridgehead atoms. The number of aliphatic hydroxyl groups is 1. The van der Waals surface area contributed by atoms with Crippen LogP contribution in [0.5, 0.6) is 0 Å². The predicted octanol–water partition coefficient (Wildman–Crippen LogP) is 3.34. The van der Waals surface area contributed by atoms with Gasteiger partial charge in [0, 0.05) is 36.3 Å². The van der Waals surface area contributed by atoms with E-state index in [4.69, 9.17) is 0 Å². The first-order chi connectivity index (χ1) is 13.0. The molecule has 27 heavy (non-hydrogen) atoms. The van der Waals surface area contributed by atoms with Crippen molar-refractivity contribution in [2.45, 2.75) is 11.0 Å². The zero-order valence-electron chi connectivity index (χ0n) is 14.8. The van der Waals surface area contributed by atoms with E-state index < -0.39 is 16.1 Å². The maximum absolute atomic E-state index is 12.7. The lowest BCUT2D eigenvalue weighted by Gasteiger charge is -2.12. The first-order valence-electron chi connectivity index (χ1n) is 8.66. The van der Waals surface area contributed by atoms with E-state index in [1.165, 1.54) is 0 Å². The normalized spacial score (nSPS) is 13.3. The molecule has 0 aliphatic heterocycles. The number of benzene rings is 3. The molecule has 1 unspecified atom stereocenters. The zero-order valence-corrected chi connectivity index (χ0v) is 15.6. The van der Waals surface area contributed by atoms with E-state index in [1.807, 2.05) is 66.3 Å². The Morgan fingerprint density at radius 2 is 1.70 bits per heavy atom. The molecule has 6 heteroatoms. The highest BCUT2D eigenvalue weighted by Crippen LogP contribution is 2.26. The monoisotopic (exact) mass is 380 g/mol. The molecule has 4 aromatic rings. The fourth-order valence-corrected chi connectivity index (χ4v) is 4.43. The van der Waals surface area contributed by atoms with Crippen LogP contribution in [0.3, 0.4) is 0 Å². The summed E-state index contributed by atoms with van der Waals surface area (Å²) in [7, 11) is -1.82. The highest BCUT2D eigenvalue weighted by atomic mass is 32.2. The first-order valence-corrected chi connectivity index (χ1v) is 10.1. The minimum absolute atomic E-state index is 0.0941. The van der Waals surface area contributed by atoms with Crippen molar-refractivity contribution in [3.05, 3.63) is 78.5 Å². The number of nitrogens with zero attached hydrogens (tertiary/aromatic N) is 1. The lowest BCUT2D eigenvalue weighted by molar-refractivity contribution is 0.183. The number of fused-ring (bicyclic) bond motifs is 2. The van der Waals surface area contributed by atoms with E-state index in [2.05, 4.69) is 4.72 Å². The Hall–Kier alpha value is -2.67. The topological polar surface area (TPSA) is 71.3 Å². The summed E-state index contributed by atoms with van der Waals surface area (Å²) >= 11 is 0. The van der Waals surface area contributed by atoms with Crippen molar-refractivity contribution in [1.82, 2.24) is 9.29 Å². The van der Waals surface area contributed by atoms with Crippen LogP contribution >= 0.6 is 0 Å². The third kappa shape index (κ3) is 3.35. The van der Waals surface area contributed by atoms with Gasteiger partial charge in [0.2, 0.25) is 10.0 Å². The molecule has 1 atom stereocenters. The van der Waals surface area contributed by atoms with Crippen molar-refractivity contribution in [2.75, 3.05) is 6.54 Å². The summed E-state index contributed by atoms with van der Waals surface area (Å²) in [4.78, 5) is 0.186. The standard InChI is InChI=1S/C21H20N2O3S/c1-23-14-19(18-8-4-5-9-20(18)23)21(24)13-22-27(25,26)17-11-10-15-6-2-3-7-16(15)12-17/h2-12,14,21-22,24H,13H2,1H3. The molecular weight excluding hydrogens is 360 g/mol. The fraction of sp³-hybridized carbons (Fsp3) is 0.143. The van der Waals surface area contributed by atoms with E-state index >= 15 is 0 Å². The molecule has 0 saturated heterocycles. The van der Waals surface area contributed by atoms with Crippen LogP contribution in [0.25, 0.3) is 21.7 Å². The van der Waals surface area contributed by atoms with E-state index in [9.17, 15) is 13.5 Å². The number of hydrogen-bond donors (Lipinski definition) is 2. The van der Waals surface area contributed by atoms with Crippen LogP contribution in [0.2, 0.25) is 0 Å². The molecule has 0 aliphatic rings. The Labute approximate surface area is 157 Å². The van der Waals surface area contributed by atoms with Crippen LogP contribution in [0.15, 0.2) is 77.8 Å². The van der Waals surface area contributed by atoms with Crippen molar-refractivity contribution >= 4 is 31.7 Å². The lowest BCUT2D eigenvalue weighted by atomic mass is 10.1. The molecule has 4 rings (SSSR count). The number of para-hydroxylation sites is 1. The molecule has 2 N–H and O–H groups in total. The molecule has 0 saturated carbocycles. The number of hydrogen-bond acceptors (Lipinski definition) is 3. The molecule has 138 valence electrons. The van der Waals surface area contributed by atoms with Gasteiger partial charge in [0.25, 0.3) is 0 Å². The quantitative estimate of drug-likeness (QED) is 0.558. The number of aliphatic hydroxyl groups excluding tert-OH is 1. The third-order valence-electron chi connectivity index (χ3n) is 4.78. The number of rotatable bonds is 5. The van der Waals surface area contributed by atoms with Gasteiger partial charge in [-0.05, 0) is 29.0 Å². The van der Waals surface area contributed by atoms with Gasteiger partial charge >= 0.3 is 0 Å². The van der Waals surface area contributed by atoms with Crippen molar-refractivity contribution < 1.29 is 13.5 Å². The van der Waals surface area contributed by atoms with Crippen molar-refractivity contribution in [3.63, 3.8) is 0 Å². The third-order valence-corrected chi connectivity index (χ3v) is 6.21. The second-order valence-electron chi connectivity index (χ2n) is 6.59. The average Bonchev–Trinajstić information content (AvgIpc) is 3.03. The summed E-state index contributed by atoms with van der Waals surface area (Å²) in [5, 5.41) is 13.3. The second-order valence-corrected chi connectivity index (χ2v) is 8.36. The average molecular weight is 380 g/mol. The Morgan fingerprint density at radius 3 is 2.52 bits per heavy atom. The maximum Gasteiger partial charge on any atom is 0.240 e. The number of aryl methyl sites for hydroxylation is 1. The second kappa shape index (κ2) is 6.81. The minimum atomic E-state index is -3.72. The highest BCUT2D eigenvalue weighted by Gasteiger charge is 2.19. The van der Waals surface area contributed by atoms with Gasteiger partial charge in [-0.3, -0.25) is 0 Å². The number of nitrogens with one attached hydrogen (secondary N) is 1. The summed E-state index contributed by atoms with van der Waals surface area (Å²) < 4.78 is 29.8. The SMILES string of the molecule is Cn1cc(C(O)CNS(=O)(=O)c2ccc3ccccc3c2)c2ccccc21. The van der Waals surface area contributed by atoms with Crippen molar-refractivity contribution in [2.24, 2.45) is 7.05 Å². The van der Waals surface area contributed by atoms with E-state index in [1.54, 1.807) is 18.2 Å². The van der Waals surface area contributed by atoms with Crippen LogP contribution in [0, 0.1) is 0 Å². The Bertz CT molecular complexity index is 1230. The van der Waals surface area contributed by atoms with Crippen LogP contribution < -0.4 is 4.72 Å². The summed E-state index contributed by atoms with van der Waals surface area (Å²) in [5.41, 5.74) is 1.69. The minimum Gasteiger partial charge on any atom is -0.387 e. The van der Waals surface area contributed by atoms with Gasteiger partial charge in [0.15, 0.2) is 0 Å². The molecule has 0 aliphatic carbocycles. The molecule has 3 aromatic carbocycles. The van der Waals surface area contributed by atoms with Crippen molar-refractivity contribution in [3.8, 4) is 0 Å². The zero-order chi connectivity index (χ0) is 19.0. The summed E-state index contributed by atoms with van der Waals surface area (Å²) in [5.74, 6) is 0. The summed E-state index contributed by atoms with van der Waals surface area (Å²) in [6.45, 7) is -0.0941. The summed E-state index contributed by atoms with van der Waals surface area (Å²) in [6, 6.07) is 20.3. The van der Waals surface area contributed by atoms with Crippen LogP contribution in [0.4, 0.5) is 0 Å². The largest absolute Gasteiger partial charge is 0.387 e. The lowest BCUT2D eigenvalue weighted by Crippen LogP contribution is -2.28. The predicted molar refractivity (Wildman–Crippen MR) is 107 cm³/mol. The van der Waals surface area contributed by atoms with Gasteiger partial charge in [-0.1, -0.05) is 48.5 Å². The molecular formula is C21H20N2O3S. The fourth-order valence-electron chi connectivity index (χ4n) is 3.36. The van der Waals surface area contributed by atoms with E-state index in [-0.39, 0.29) is 11.4 Å². The Kier molecular flexibility index (Phi) is 4.47. The van der Waals surface area contributed by atoms with Gasteiger partial charge in [0.1, 0.15) is 0 Å². The first kappa shape index (κ1) is 17.7. The smallest absolute Gasteiger partial charge is 0.240 e. The van der Waals surface area contributed by atoms with Gasteiger partial charge in [-0.2, -0.15) is 0 Å². The Balaban J connectivity index is 1.57. The maximum atomic E-state index is 12.7. The molecule has 1 heterocycles.